The fourth-order valence-electron chi connectivity index (χ4n) is 5.35. The highest BCUT2D eigenvalue weighted by molar-refractivity contribution is 6.26. The van der Waals surface area contributed by atoms with E-state index in [2.05, 4.69) is 19.1 Å². The van der Waals surface area contributed by atoms with Gasteiger partial charge in [0.25, 0.3) is 5.91 Å². The van der Waals surface area contributed by atoms with Crippen molar-refractivity contribution in [1.29, 1.82) is 0 Å². The average molecular weight is 373 g/mol. The van der Waals surface area contributed by atoms with Crippen LogP contribution in [0.15, 0.2) is 35.6 Å². The Kier molecular flexibility index (Phi) is 5.35. The lowest BCUT2D eigenvalue weighted by atomic mass is 9.54. The Balaban J connectivity index is 2.14. The van der Waals surface area contributed by atoms with Crippen molar-refractivity contribution in [2.45, 2.75) is 46.1 Å². The van der Waals surface area contributed by atoms with Gasteiger partial charge >= 0.3 is 0 Å². The molecular formula is C22H31NO4. The highest BCUT2D eigenvalue weighted by atomic mass is 16.3. The quantitative estimate of drug-likeness (QED) is 0.345. The van der Waals surface area contributed by atoms with Gasteiger partial charge in [-0.05, 0) is 37.5 Å². The van der Waals surface area contributed by atoms with Crippen molar-refractivity contribution in [3.63, 3.8) is 0 Å². The fourth-order valence-corrected chi connectivity index (χ4v) is 5.35. The molecule has 0 unspecified atom stereocenters. The van der Waals surface area contributed by atoms with E-state index in [0.717, 1.165) is 19.3 Å². The molecule has 1 heterocycles. The summed E-state index contributed by atoms with van der Waals surface area (Å²) in [6.07, 6.45) is 11.5. The van der Waals surface area contributed by atoms with Crippen LogP contribution in [0.1, 0.15) is 40.0 Å². The largest absolute Gasteiger partial charge is 0.511 e. The van der Waals surface area contributed by atoms with Gasteiger partial charge in [-0.3, -0.25) is 9.59 Å². The highest BCUT2D eigenvalue weighted by Crippen LogP contribution is 2.56. The Morgan fingerprint density at radius 1 is 1.33 bits per heavy atom. The molecule has 1 aliphatic heterocycles. The number of likely N-dealkylation sites (tertiary alicyclic amines) is 1. The van der Waals surface area contributed by atoms with Crippen molar-refractivity contribution < 1.29 is 19.8 Å². The molecule has 0 bridgehead atoms. The lowest BCUT2D eigenvalue weighted by Gasteiger charge is -2.50. The second-order valence-corrected chi connectivity index (χ2v) is 8.61. The van der Waals surface area contributed by atoms with E-state index >= 15 is 0 Å². The topological polar surface area (TPSA) is 77.8 Å². The Labute approximate surface area is 161 Å². The summed E-state index contributed by atoms with van der Waals surface area (Å²) in [5.41, 5.74) is -0.848. The first-order chi connectivity index (χ1) is 12.8. The van der Waals surface area contributed by atoms with Crippen LogP contribution in [0, 0.1) is 29.1 Å². The smallest absolute Gasteiger partial charge is 0.261 e. The number of aliphatic hydroxyl groups excluding tert-OH is 2. The van der Waals surface area contributed by atoms with E-state index in [0.29, 0.717) is 11.8 Å². The van der Waals surface area contributed by atoms with Crippen LogP contribution in [-0.2, 0) is 9.59 Å². The summed E-state index contributed by atoms with van der Waals surface area (Å²) in [7, 11) is 1.50. The number of Topliss-reactive ketones (excluding diaryl/α,β-unsaturated/α-hetero) is 1. The molecule has 2 aliphatic carbocycles. The zero-order valence-corrected chi connectivity index (χ0v) is 16.7. The Bertz CT molecular complexity index is 722. The van der Waals surface area contributed by atoms with Crippen LogP contribution in [0.4, 0.5) is 0 Å². The first-order valence-corrected chi connectivity index (χ1v) is 9.94. The van der Waals surface area contributed by atoms with Gasteiger partial charge in [0.1, 0.15) is 17.4 Å². The molecule has 1 saturated carbocycles. The molecule has 3 rings (SSSR count). The van der Waals surface area contributed by atoms with Gasteiger partial charge in [-0.1, -0.05) is 44.6 Å². The maximum Gasteiger partial charge on any atom is 0.261 e. The molecule has 1 saturated heterocycles. The van der Waals surface area contributed by atoms with Crippen molar-refractivity contribution in [2.75, 3.05) is 13.7 Å². The predicted octanol–water partition coefficient (Wildman–Crippen LogP) is 3.02. The number of allylic oxidation sites excluding steroid dienone is 5. The summed E-state index contributed by atoms with van der Waals surface area (Å²) in [4.78, 5) is 26.7. The van der Waals surface area contributed by atoms with Crippen molar-refractivity contribution in [2.24, 2.45) is 29.1 Å². The lowest BCUT2D eigenvalue weighted by molar-refractivity contribution is -0.126. The number of carbonyl (C=O) groups excluding carboxylic acids is 2. The molecule has 5 nitrogen and oxygen atoms in total. The van der Waals surface area contributed by atoms with E-state index in [1.54, 1.807) is 0 Å². The normalized spacial score (nSPS) is 41.4. The van der Waals surface area contributed by atoms with Crippen LogP contribution >= 0.6 is 0 Å². The van der Waals surface area contributed by atoms with Gasteiger partial charge < -0.3 is 15.1 Å². The number of aliphatic hydroxyl groups is 2. The van der Waals surface area contributed by atoms with Crippen molar-refractivity contribution in [3.05, 3.63) is 35.6 Å². The number of nitrogens with zero attached hydrogens (tertiary/aromatic N) is 1. The van der Waals surface area contributed by atoms with Crippen LogP contribution in [-0.4, -0.2) is 46.5 Å². The third kappa shape index (κ3) is 2.96. The van der Waals surface area contributed by atoms with Gasteiger partial charge in [0.05, 0.1) is 6.61 Å². The standard InChI is InChI=1S/C22H31NO4/c1-5-6-15-9-8-14-11-13(2)7-10-16(14)22(15,3)20(26)18-19(25)17(12-24)23(4)21(18)27/h5-6,8-9,13-17,24,26H,7,10-12H2,1-4H3/b6-5-,20-18+/t13-,14-,15-,16-,17-,22-/m0/s1. The maximum absolute atomic E-state index is 12.8. The van der Waals surface area contributed by atoms with Gasteiger partial charge in [-0.15, -0.1) is 0 Å². The zero-order chi connectivity index (χ0) is 19.9. The van der Waals surface area contributed by atoms with E-state index in [4.69, 9.17) is 0 Å². The van der Waals surface area contributed by atoms with E-state index in [-0.39, 0.29) is 23.2 Å². The fraction of sp³-hybridized carbons (Fsp3) is 0.636. The van der Waals surface area contributed by atoms with Crippen LogP contribution < -0.4 is 0 Å². The summed E-state index contributed by atoms with van der Waals surface area (Å²) in [6.45, 7) is 5.75. The number of rotatable bonds is 3. The summed E-state index contributed by atoms with van der Waals surface area (Å²) < 4.78 is 0. The van der Waals surface area contributed by atoms with Crippen LogP contribution in [0.5, 0.6) is 0 Å². The third-order valence-electron chi connectivity index (χ3n) is 7.06. The van der Waals surface area contributed by atoms with Gasteiger partial charge in [0.15, 0.2) is 5.78 Å². The van der Waals surface area contributed by atoms with E-state index in [9.17, 15) is 19.8 Å². The monoisotopic (exact) mass is 373 g/mol. The number of fused-ring (bicyclic) bond motifs is 1. The van der Waals surface area contributed by atoms with Crippen molar-refractivity contribution >= 4 is 11.7 Å². The van der Waals surface area contributed by atoms with Crippen molar-refractivity contribution in [3.8, 4) is 0 Å². The molecule has 2 N–H and O–H groups in total. The number of likely N-dealkylation sites (N-methyl/N-ethyl adjacent to an activating group) is 1. The van der Waals surface area contributed by atoms with E-state index in [1.165, 1.54) is 11.9 Å². The number of ketones is 1. The van der Waals surface area contributed by atoms with E-state index < -0.39 is 29.8 Å². The first kappa shape index (κ1) is 19.9. The number of amides is 1. The molecule has 3 aliphatic rings. The van der Waals surface area contributed by atoms with Gasteiger partial charge in [-0.2, -0.15) is 0 Å². The summed E-state index contributed by atoms with van der Waals surface area (Å²) >= 11 is 0. The zero-order valence-electron chi connectivity index (χ0n) is 16.7. The molecule has 0 aromatic rings. The molecule has 0 radical (unpaired) electrons. The molecule has 0 aromatic heterocycles. The minimum absolute atomic E-state index is 0.0799. The summed E-state index contributed by atoms with van der Waals surface area (Å²) in [5, 5.41) is 20.9. The second-order valence-electron chi connectivity index (χ2n) is 8.61. The molecule has 0 spiro atoms. The first-order valence-electron chi connectivity index (χ1n) is 9.94. The third-order valence-corrected chi connectivity index (χ3v) is 7.06. The minimum Gasteiger partial charge on any atom is -0.511 e. The average Bonchev–Trinajstić information content (AvgIpc) is 2.85. The Hall–Kier alpha value is -1.88. The molecule has 148 valence electrons. The molecule has 2 fully saturated rings. The predicted molar refractivity (Wildman–Crippen MR) is 104 cm³/mol. The molecule has 0 aromatic carbocycles. The number of hydrogen-bond donors (Lipinski definition) is 2. The SMILES string of the molecule is C/C=C\[C@H]1C=C[C@H]2C[C@@H](C)CC[C@@H]2[C@@]1(C)/C(O)=C1/C(=O)[C@H](CO)N(C)C1=O. The molecule has 27 heavy (non-hydrogen) atoms. The minimum atomic E-state index is -0.903. The van der Waals surface area contributed by atoms with Gasteiger partial charge in [-0.25, -0.2) is 0 Å². The second kappa shape index (κ2) is 7.27. The Morgan fingerprint density at radius 3 is 2.63 bits per heavy atom. The summed E-state index contributed by atoms with van der Waals surface area (Å²) in [6, 6.07) is -0.903. The van der Waals surface area contributed by atoms with Crippen LogP contribution in [0.25, 0.3) is 0 Å². The summed E-state index contributed by atoms with van der Waals surface area (Å²) in [5.74, 6) is -0.00752. The molecule has 6 atom stereocenters. The molecule has 5 heteroatoms. The van der Waals surface area contributed by atoms with Crippen LogP contribution in [0.3, 0.4) is 0 Å². The lowest BCUT2D eigenvalue weighted by Crippen LogP contribution is -2.45. The molecule has 1 amide bonds. The Morgan fingerprint density at radius 2 is 2.04 bits per heavy atom. The highest BCUT2D eigenvalue weighted by Gasteiger charge is 2.53. The van der Waals surface area contributed by atoms with Gasteiger partial charge in [0, 0.05) is 18.4 Å². The maximum atomic E-state index is 12.8. The van der Waals surface area contributed by atoms with Gasteiger partial charge in [0.2, 0.25) is 0 Å². The molecular weight excluding hydrogens is 342 g/mol. The van der Waals surface area contributed by atoms with Crippen LogP contribution in [0.2, 0.25) is 0 Å². The number of carbonyl (C=O) groups is 2. The number of hydrogen-bond acceptors (Lipinski definition) is 4. The van der Waals surface area contributed by atoms with Crippen molar-refractivity contribution in [1.82, 2.24) is 4.90 Å². The van der Waals surface area contributed by atoms with E-state index in [1.807, 2.05) is 26.0 Å².